The van der Waals surface area contributed by atoms with Gasteiger partial charge in [0.25, 0.3) is 0 Å². The van der Waals surface area contributed by atoms with Crippen LogP contribution in [-0.4, -0.2) is 35.6 Å². The minimum Gasteiger partial charge on any atom is -0.381 e. The molecule has 15 heavy (non-hydrogen) atoms. The van der Waals surface area contributed by atoms with Gasteiger partial charge in [0.05, 0.1) is 18.4 Å². The van der Waals surface area contributed by atoms with E-state index in [1.165, 1.54) is 0 Å². The van der Waals surface area contributed by atoms with Gasteiger partial charge in [-0.15, -0.1) is 0 Å². The Hall–Kier alpha value is -1.24. The van der Waals surface area contributed by atoms with Crippen molar-refractivity contribution in [2.75, 3.05) is 25.0 Å². The van der Waals surface area contributed by atoms with E-state index in [2.05, 4.69) is 15.7 Å². The van der Waals surface area contributed by atoms with Gasteiger partial charge in [-0.3, -0.25) is 4.68 Å². The summed E-state index contributed by atoms with van der Waals surface area (Å²) in [5.41, 5.74) is 0.798. The highest BCUT2D eigenvalue weighted by molar-refractivity contribution is 5.37. The molecule has 1 rings (SSSR count). The molecule has 1 aromatic rings. The second-order valence-electron chi connectivity index (χ2n) is 3.12. The van der Waals surface area contributed by atoms with Gasteiger partial charge in [0, 0.05) is 26.3 Å². The quantitative estimate of drug-likeness (QED) is 0.730. The Labute approximate surface area is 85.5 Å². The molecular weight excluding hydrogens is 209 g/mol. The predicted molar refractivity (Wildman–Crippen MR) is 50.6 cm³/mol. The number of anilines is 1. The van der Waals surface area contributed by atoms with Crippen LogP contribution < -0.4 is 10.6 Å². The van der Waals surface area contributed by atoms with Crippen LogP contribution in [0.1, 0.15) is 0 Å². The molecule has 4 nitrogen and oxygen atoms in total. The Morgan fingerprint density at radius 2 is 2.13 bits per heavy atom. The number of halogens is 3. The maximum atomic E-state index is 11.7. The molecule has 0 aliphatic heterocycles. The van der Waals surface area contributed by atoms with Crippen LogP contribution in [0, 0.1) is 0 Å². The van der Waals surface area contributed by atoms with E-state index >= 15 is 0 Å². The Morgan fingerprint density at radius 1 is 1.40 bits per heavy atom. The summed E-state index contributed by atoms with van der Waals surface area (Å²) in [5.74, 6) is 0. The average molecular weight is 222 g/mol. The monoisotopic (exact) mass is 222 g/mol. The van der Waals surface area contributed by atoms with E-state index in [-0.39, 0.29) is 6.54 Å². The number of hydrogen-bond acceptors (Lipinski definition) is 3. The fourth-order valence-electron chi connectivity index (χ4n) is 1.04. The van der Waals surface area contributed by atoms with Gasteiger partial charge in [0.2, 0.25) is 0 Å². The van der Waals surface area contributed by atoms with Crippen molar-refractivity contribution in [3.05, 3.63) is 12.4 Å². The number of aryl methyl sites for hydroxylation is 1. The molecule has 1 heterocycles. The number of aromatic nitrogens is 2. The van der Waals surface area contributed by atoms with Crippen molar-refractivity contribution < 1.29 is 13.2 Å². The Kier molecular flexibility index (Phi) is 3.96. The van der Waals surface area contributed by atoms with Gasteiger partial charge in [-0.2, -0.15) is 18.3 Å². The first-order valence-corrected chi connectivity index (χ1v) is 4.47. The molecule has 0 spiro atoms. The summed E-state index contributed by atoms with van der Waals surface area (Å²) in [6.07, 6.45) is -0.776. The zero-order chi connectivity index (χ0) is 11.3. The van der Waals surface area contributed by atoms with Crippen molar-refractivity contribution >= 4 is 5.69 Å². The molecule has 86 valence electrons. The lowest BCUT2D eigenvalue weighted by Gasteiger charge is -2.08. The summed E-state index contributed by atoms with van der Waals surface area (Å²) >= 11 is 0. The Morgan fingerprint density at radius 3 is 2.67 bits per heavy atom. The minimum atomic E-state index is -4.14. The second-order valence-corrected chi connectivity index (χ2v) is 3.12. The molecule has 0 fully saturated rings. The second kappa shape index (κ2) is 5.01. The van der Waals surface area contributed by atoms with E-state index in [4.69, 9.17) is 0 Å². The zero-order valence-electron chi connectivity index (χ0n) is 8.30. The molecule has 0 radical (unpaired) electrons. The number of hydrogen-bond donors (Lipinski definition) is 2. The largest absolute Gasteiger partial charge is 0.401 e. The lowest BCUT2D eigenvalue weighted by atomic mass is 10.5. The molecule has 0 aliphatic carbocycles. The molecule has 0 amide bonds. The van der Waals surface area contributed by atoms with Crippen molar-refractivity contribution in [1.82, 2.24) is 15.1 Å². The molecular formula is C8H13F3N4. The van der Waals surface area contributed by atoms with Crippen LogP contribution in [0.15, 0.2) is 12.4 Å². The molecule has 0 aromatic carbocycles. The van der Waals surface area contributed by atoms with E-state index in [0.29, 0.717) is 6.54 Å². The Balaban J connectivity index is 2.07. The van der Waals surface area contributed by atoms with Gasteiger partial charge < -0.3 is 10.6 Å². The van der Waals surface area contributed by atoms with Gasteiger partial charge in [-0.05, 0) is 0 Å². The topological polar surface area (TPSA) is 41.9 Å². The molecule has 7 heteroatoms. The van der Waals surface area contributed by atoms with Crippen LogP contribution >= 0.6 is 0 Å². The third-order valence-electron chi connectivity index (χ3n) is 1.66. The lowest BCUT2D eigenvalue weighted by Crippen LogP contribution is -2.32. The number of alkyl halides is 3. The zero-order valence-corrected chi connectivity index (χ0v) is 8.30. The minimum absolute atomic E-state index is 0.258. The number of nitrogens with zero attached hydrogens (tertiary/aromatic N) is 2. The standard InChI is InChI=1S/C8H13F3N4/c1-15-5-7(4-14-15)13-3-2-12-6-8(9,10)11/h4-5,12-13H,2-3,6H2,1H3. The molecule has 1 aromatic heterocycles. The van der Waals surface area contributed by atoms with Crippen LogP contribution in [0.2, 0.25) is 0 Å². The molecule has 2 N–H and O–H groups in total. The summed E-state index contributed by atoms with van der Waals surface area (Å²) in [6, 6.07) is 0. The van der Waals surface area contributed by atoms with Crippen LogP contribution in [0.5, 0.6) is 0 Å². The Bertz CT molecular complexity index is 294. The maximum absolute atomic E-state index is 11.7. The number of rotatable bonds is 5. The van der Waals surface area contributed by atoms with E-state index in [0.717, 1.165) is 5.69 Å². The predicted octanol–water partition coefficient (Wildman–Crippen LogP) is 0.984. The van der Waals surface area contributed by atoms with Crippen LogP contribution in [0.4, 0.5) is 18.9 Å². The van der Waals surface area contributed by atoms with Crippen molar-refractivity contribution in [3.63, 3.8) is 0 Å². The molecule has 0 saturated heterocycles. The fraction of sp³-hybridized carbons (Fsp3) is 0.625. The SMILES string of the molecule is Cn1cc(NCCNCC(F)(F)F)cn1. The van der Waals surface area contributed by atoms with Gasteiger partial charge in [-0.25, -0.2) is 0 Å². The van der Waals surface area contributed by atoms with Crippen LogP contribution in [0.25, 0.3) is 0 Å². The van der Waals surface area contributed by atoms with E-state index in [9.17, 15) is 13.2 Å². The van der Waals surface area contributed by atoms with Gasteiger partial charge in [-0.1, -0.05) is 0 Å². The first-order chi connectivity index (χ1) is 6.97. The van der Waals surface area contributed by atoms with Crippen LogP contribution in [0.3, 0.4) is 0 Å². The third-order valence-corrected chi connectivity index (χ3v) is 1.66. The fourth-order valence-corrected chi connectivity index (χ4v) is 1.04. The lowest BCUT2D eigenvalue weighted by molar-refractivity contribution is -0.124. The summed E-state index contributed by atoms with van der Waals surface area (Å²) in [5, 5.41) is 9.13. The molecule has 0 aliphatic rings. The van der Waals surface area contributed by atoms with Gasteiger partial charge >= 0.3 is 6.18 Å². The first kappa shape index (κ1) is 11.8. The van der Waals surface area contributed by atoms with Crippen molar-refractivity contribution in [2.24, 2.45) is 7.05 Å². The molecule has 0 unspecified atom stereocenters. The van der Waals surface area contributed by atoms with E-state index in [1.54, 1.807) is 24.1 Å². The van der Waals surface area contributed by atoms with Crippen LogP contribution in [-0.2, 0) is 7.05 Å². The average Bonchev–Trinajstić information content (AvgIpc) is 2.49. The van der Waals surface area contributed by atoms with Crippen molar-refractivity contribution in [1.29, 1.82) is 0 Å². The molecule has 0 bridgehead atoms. The highest BCUT2D eigenvalue weighted by Gasteiger charge is 2.25. The van der Waals surface area contributed by atoms with E-state index in [1.807, 2.05) is 0 Å². The normalized spacial score (nSPS) is 11.7. The maximum Gasteiger partial charge on any atom is 0.401 e. The smallest absolute Gasteiger partial charge is 0.381 e. The third kappa shape index (κ3) is 5.26. The first-order valence-electron chi connectivity index (χ1n) is 4.47. The highest BCUT2D eigenvalue weighted by atomic mass is 19.4. The van der Waals surface area contributed by atoms with Gasteiger partial charge in [0.1, 0.15) is 0 Å². The molecule has 0 saturated carbocycles. The molecule has 0 atom stereocenters. The van der Waals surface area contributed by atoms with Gasteiger partial charge in [0.15, 0.2) is 0 Å². The summed E-state index contributed by atoms with van der Waals surface area (Å²) in [6.45, 7) is -0.266. The van der Waals surface area contributed by atoms with E-state index < -0.39 is 12.7 Å². The summed E-state index contributed by atoms with van der Waals surface area (Å²) in [7, 11) is 1.77. The highest BCUT2D eigenvalue weighted by Crippen LogP contribution is 2.11. The van der Waals surface area contributed by atoms with Crippen molar-refractivity contribution in [2.45, 2.75) is 6.18 Å². The number of nitrogens with one attached hydrogen (secondary N) is 2. The summed E-state index contributed by atoms with van der Waals surface area (Å²) < 4.78 is 36.8. The summed E-state index contributed by atoms with van der Waals surface area (Å²) in [4.78, 5) is 0. The van der Waals surface area contributed by atoms with Crippen molar-refractivity contribution in [3.8, 4) is 0 Å².